The van der Waals surface area contributed by atoms with Gasteiger partial charge in [-0.15, -0.1) is 0 Å². The first-order chi connectivity index (χ1) is 9.58. The molecule has 0 fully saturated rings. The summed E-state index contributed by atoms with van der Waals surface area (Å²) in [5, 5.41) is 4.34. The molecule has 0 unspecified atom stereocenters. The Labute approximate surface area is 127 Å². The summed E-state index contributed by atoms with van der Waals surface area (Å²) in [4.78, 5) is 0. The molecular formula is C18H22ClN. The van der Waals surface area contributed by atoms with Crippen molar-refractivity contribution in [1.82, 2.24) is 5.32 Å². The molecule has 20 heavy (non-hydrogen) atoms. The first-order valence-corrected chi connectivity index (χ1v) is 7.52. The normalized spacial score (nSPS) is 12.7. The van der Waals surface area contributed by atoms with E-state index in [2.05, 4.69) is 56.4 Å². The second-order valence-corrected chi connectivity index (χ2v) is 5.93. The minimum absolute atomic E-state index is 0.244. The van der Waals surface area contributed by atoms with E-state index in [1.54, 1.807) is 0 Å². The van der Waals surface area contributed by atoms with Crippen molar-refractivity contribution in [2.45, 2.75) is 39.3 Å². The predicted octanol–water partition coefficient (Wildman–Crippen LogP) is 5.31. The van der Waals surface area contributed by atoms with Crippen molar-refractivity contribution < 1.29 is 0 Å². The molecule has 0 heterocycles. The number of hydrogen-bond acceptors (Lipinski definition) is 1. The molecule has 2 aromatic carbocycles. The molecule has 0 bridgehead atoms. The summed E-state index contributed by atoms with van der Waals surface area (Å²) in [5.41, 5.74) is 3.83. The molecule has 1 N–H and O–H groups in total. The quantitative estimate of drug-likeness (QED) is 0.785. The molecule has 1 atom stereocenters. The first kappa shape index (κ1) is 15.1. The maximum Gasteiger partial charge on any atom is 0.0453 e. The van der Waals surface area contributed by atoms with Gasteiger partial charge in [0.05, 0.1) is 0 Å². The highest BCUT2D eigenvalue weighted by molar-refractivity contribution is 6.31. The fourth-order valence-corrected chi connectivity index (χ4v) is 2.53. The van der Waals surface area contributed by atoms with E-state index in [4.69, 9.17) is 11.6 Å². The molecule has 0 saturated carbocycles. The van der Waals surface area contributed by atoms with Gasteiger partial charge in [0.15, 0.2) is 0 Å². The number of hydrogen-bond donors (Lipinski definition) is 1. The van der Waals surface area contributed by atoms with Gasteiger partial charge >= 0.3 is 0 Å². The first-order valence-electron chi connectivity index (χ1n) is 7.14. The van der Waals surface area contributed by atoms with Crippen LogP contribution in [-0.4, -0.2) is 0 Å². The van der Waals surface area contributed by atoms with Crippen LogP contribution in [0.4, 0.5) is 0 Å². The zero-order valence-corrected chi connectivity index (χ0v) is 13.1. The summed E-state index contributed by atoms with van der Waals surface area (Å²) in [5.74, 6) is 0.582. The van der Waals surface area contributed by atoms with Crippen LogP contribution in [0.3, 0.4) is 0 Å². The van der Waals surface area contributed by atoms with Gasteiger partial charge in [-0.05, 0) is 35.6 Å². The molecule has 106 valence electrons. The van der Waals surface area contributed by atoms with Crippen LogP contribution in [0, 0.1) is 0 Å². The van der Waals surface area contributed by atoms with Crippen molar-refractivity contribution in [3.05, 3.63) is 70.2 Å². The van der Waals surface area contributed by atoms with E-state index in [1.807, 2.05) is 18.2 Å². The molecular weight excluding hydrogens is 266 g/mol. The fourth-order valence-electron chi connectivity index (χ4n) is 2.23. The van der Waals surface area contributed by atoms with Gasteiger partial charge < -0.3 is 5.32 Å². The van der Waals surface area contributed by atoms with Crippen molar-refractivity contribution in [2.24, 2.45) is 0 Å². The Morgan fingerprint density at radius 3 is 2.20 bits per heavy atom. The maximum absolute atomic E-state index is 6.22. The lowest BCUT2D eigenvalue weighted by Crippen LogP contribution is -2.18. The molecule has 0 aliphatic carbocycles. The Kier molecular flexibility index (Phi) is 5.22. The highest BCUT2D eigenvalue weighted by atomic mass is 35.5. The molecule has 2 rings (SSSR count). The van der Waals surface area contributed by atoms with Crippen molar-refractivity contribution >= 4 is 11.6 Å². The molecule has 1 nitrogen and oxygen atoms in total. The number of benzene rings is 2. The summed E-state index contributed by atoms with van der Waals surface area (Å²) in [6, 6.07) is 17.1. The van der Waals surface area contributed by atoms with E-state index in [0.29, 0.717) is 5.92 Å². The van der Waals surface area contributed by atoms with Gasteiger partial charge in [0.1, 0.15) is 0 Å². The van der Waals surface area contributed by atoms with Crippen molar-refractivity contribution in [2.75, 3.05) is 0 Å². The molecule has 0 radical (unpaired) electrons. The van der Waals surface area contributed by atoms with Gasteiger partial charge in [0.25, 0.3) is 0 Å². The SMILES string of the molecule is CC(C)c1ccc(CN[C@H](C)c2ccccc2Cl)cc1. The van der Waals surface area contributed by atoms with Gasteiger partial charge in [-0.3, -0.25) is 0 Å². The Morgan fingerprint density at radius 2 is 1.60 bits per heavy atom. The zero-order valence-electron chi connectivity index (χ0n) is 12.4. The Balaban J connectivity index is 1.96. The van der Waals surface area contributed by atoms with E-state index in [-0.39, 0.29) is 6.04 Å². The fraction of sp³-hybridized carbons (Fsp3) is 0.333. The molecule has 0 saturated heterocycles. The van der Waals surface area contributed by atoms with Gasteiger partial charge in [-0.2, -0.15) is 0 Å². The highest BCUT2D eigenvalue weighted by Crippen LogP contribution is 2.22. The zero-order chi connectivity index (χ0) is 14.5. The Hall–Kier alpha value is -1.31. The average Bonchev–Trinajstić information content (AvgIpc) is 2.45. The third kappa shape index (κ3) is 3.84. The second kappa shape index (κ2) is 6.92. The Bertz CT molecular complexity index is 546. The van der Waals surface area contributed by atoms with Crippen LogP contribution < -0.4 is 5.32 Å². The highest BCUT2D eigenvalue weighted by Gasteiger charge is 2.08. The maximum atomic E-state index is 6.22. The average molecular weight is 288 g/mol. The lowest BCUT2D eigenvalue weighted by Gasteiger charge is -2.16. The third-order valence-corrected chi connectivity index (χ3v) is 3.97. The van der Waals surface area contributed by atoms with E-state index in [0.717, 1.165) is 17.1 Å². The minimum atomic E-state index is 0.244. The molecule has 2 aromatic rings. The van der Waals surface area contributed by atoms with E-state index in [9.17, 15) is 0 Å². The molecule has 0 amide bonds. The van der Waals surface area contributed by atoms with Gasteiger partial charge in [0, 0.05) is 17.6 Å². The summed E-state index contributed by atoms with van der Waals surface area (Å²) in [7, 11) is 0. The summed E-state index contributed by atoms with van der Waals surface area (Å²) in [6.07, 6.45) is 0. The Morgan fingerprint density at radius 1 is 0.950 bits per heavy atom. The summed E-state index contributed by atoms with van der Waals surface area (Å²) in [6.45, 7) is 7.42. The van der Waals surface area contributed by atoms with Gasteiger partial charge in [0.2, 0.25) is 0 Å². The van der Waals surface area contributed by atoms with E-state index < -0.39 is 0 Å². The monoisotopic (exact) mass is 287 g/mol. The van der Waals surface area contributed by atoms with Crippen molar-refractivity contribution in [3.63, 3.8) is 0 Å². The van der Waals surface area contributed by atoms with Gasteiger partial charge in [-0.25, -0.2) is 0 Å². The lowest BCUT2D eigenvalue weighted by molar-refractivity contribution is 0.575. The minimum Gasteiger partial charge on any atom is -0.306 e. The predicted molar refractivity (Wildman–Crippen MR) is 87.2 cm³/mol. The molecule has 0 aliphatic rings. The summed E-state index contributed by atoms with van der Waals surface area (Å²) >= 11 is 6.22. The number of halogens is 1. The number of nitrogens with one attached hydrogen (secondary N) is 1. The molecule has 0 spiro atoms. The van der Waals surface area contributed by atoms with Crippen LogP contribution in [0.15, 0.2) is 48.5 Å². The van der Waals surface area contributed by atoms with Crippen LogP contribution >= 0.6 is 11.6 Å². The molecule has 0 aromatic heterocycles. The van der Waals surface area contributed by atoms with Crippen LogP contribution in [-0.2, 0) is 6.54 Å². The smallest absolute Gasteiger partial charge is 0.0453 e. The summed E-state index contributed by atoms with van der Waals surface area (Å²) < 4.78 is 0. The molecule has 2 heteroatoms. The second-order valence-electron chi connectivity index (χ2n) is 5.52. The van der Waals surface area contributed by atoms with Gasteiger partial charge in [-0.1, -0.05) is 67.9 Å². The molecule has 0 aliphatic heterocycles. The third-order valence-electron chi connectivity index (χ3n) is 3.63. The van der Waals surface area contributed by atoms with Crippen molar-refractivity contribution in [3.8, 4) is 0 Å². The van der Waals surface area contributed by atoms with Crippen LogP contribution in [0.5, 0.6) is 0 Å². The topological polar surface area (TPSA) is 12.0 Å². The van der Waals surface area contributed by atoms with Crippen LogP contribution in [0.25, 0.3) is 0 Å². The largest absolute Gasteiger partial charge is 0.306 e. The van der Waals surface area contributed by atoms with E-state index >= 15 is 0 Å². The standard InChI is InChI=1S/C18H22ClN/c1-13(2)16-10-8-15(9-11-16)12-20-14(3)17-6-4-5-7-18(17)19/h4-11,13-14,20H,12H2,1-3H3/t14-/m1/s1. The van der Waals surface area contributed by atoms with Crippen molar-refractivity contribution in [1.29, 1.82) is 0 Å². The van der Waals surface area contributed by atoms with Crippen LogP contribution in [0.2, 0.25) is 5.02 Å². The van der Waals surface area contributed by atoms with Crippen LogP contribution in [0.1, 0.15) is 49.4 Å². The number of rotatable bonds is 5. The van der Waals surface area contributed by atoms with E-state index in [1.165, 1.54) is 11.1 Å². The lowest BCUT2D eigenvalue weighted by atomic mass is 10.0.